The van der Waals surface area contributed by atoms with E-state index in [9.17, 15) is 4.79 Å². The third-order valence-electron chi connectivity index (χ3n) is 6.16. The van der Waals surface area contributed by atoms with E-state index >= 15 is 0 Å². The first-order chi connectivity index (χ1) is 15.9. The molecule has 2 aromatic carbocycles. The van der Waals surface area contributed by atoms with Crippen LogP contribution in [0.3, 0.4) is 0 Å². The van der Waals surface area contributed by atoms with Crippen molar-refractivity contribution in [1.82, 2.24) is 20.4 Å². The van der Waals surface area contributed by atoms with E-state index in [1.54, 1.807) is 18.2 Å². The molecule has 1 aliphatic rings. The van der Waals surface area contributed by atoms with Crippen LogP contribution in [0.15, 0.2) is 47.0 Å². The fourth-order valence-corrected chi connectivity index (χ4v) is 4.86. The monoisotopic (exact) mass is 486 g/mol. The zero-order valence-corrected chi connectivity index (χ0v) is 20.4. The van der Waals surface area contributed by atoms with Gasteiger partial charge >= 0.3 is 0 Å². The number of hydrogen-bond donors (Lipinski definition) is 1. The number of likely N-dealkylation sites (tertiary alicyclic amines) is 1. The van der Waals surface area contributed by atoms with Crippen LogP contribution in [0.1, 0.15) is 49.2 Å². The van der Waals surface area contributed by atoms with Gasteiger partial charge in [0.2, 0.25) is 17.6 Å². The summed E-state index contributed by atoms with van der Waals surface area (Å²) in [6.45, 7) is 6.23. The predicted octanol–water partition coefficient (Wildman–Crippen LogP) is 5.83. The summed E-state index contributed by atoms with van der Waals surface area (Å²) in [4.78, 5) is 19.8. The molecule has 33 heavy (non-hydrogen) atoms. The van der Waals surface area contributed by atoms with Crippen LogP contribution in [0.2, 0.25) is 10.0 Å². The lowest BCUT2D eigenvalue weighted by atomic mass is 9.94. The lowest BCUT2D eigenvalue weighted by Gasteiger charge is -2.32. The zero-order valence-electron chi connectivity index (χ0n) is 18.9. The summed E-state index contributed by atoms with van der Waals surface area (Å²) in [5.41, 5.74) is 3.05. The van der Waals surface area contributed by atoms with Gasteiger partial charge in [0.25, 0.3) is 0 Å². The molecule has 1 aliphatic heterocycles. The van der Waals surface area contributed by atoms with Gasteiger partial charge < -0.3 is 9.84 Å². The van der Waals surface area contributed by atoms with E-state index < -0.39 is 0 Å². The second kappa shape index (κ2) is 10.7. The van der Waals surface area contributed by atoms with Gasteiger partial charge in [0, 0.05) is 17.1 Å². The fourth-order valence-electron chi connectivity index (χ4n) is 4.37. The SMILES string of the molecule is CCC(NC(=O)C1CCCN(Cc2nc(-c3ccc(Cl)cc3Cl)no2)C1)c1ccccc1C. The Kier molecular flexibility index (Phi) is 7.68. The number of nitrogens with one attached hydrogen (secondary N) is 1. The molecular weight excluding hydrogens is 459 g/mol. The standard InChI is InChI=1S/C25H28Cl2N4O2/c1-3-22(19-9-5-4-7-16(19)2)28-25(32)17-8-6-12-31(14-17)15-23-29-24(30-33-23)20-11-10-18(26)13-21(20)27/h4-5,7,9-11,13,17,22H,3,6,8,12,14-15H2,1-2H3,(H,28,32). The summed E-state index contributed by atoms with van der Waals surface area (Å²) >= 11 is 12.2. The van der Waals surface area contributed by atoms with Gasteiger partial charge in [-0.3, -0.25) is 9.69 Å². The molecule has 1 saturated heterocycles. The van der Waals surface area contributed by atoms with E-state index in [0.29, 0.717) is 40.4 Å². The molecule has 4 rings (SSSR count). The molecule has 3 aromatic rings. The second-order valence-corrected chi connectivity index (χ2v) is 9.38. The number of piperidine rings is 1. The van der Waals surface area contributed by atoms with Crippen LogP contribution in [0.4, 0.5) is 0 Å². The van der Waals surface area contributed by atoms with Crippen molar-refractivity contribution in [3.63, 3.8) is 0 Å². The highest BCUT2D eigenvalue weighted by atomic mass is 35.5. The first kappa shape index (κ1) is 23.7. The second-order valence-electron chi connectivity index (χ2n) is 8.54. The van der Waals surface area contributed by atoms with Gasteiger partial charge in [-0.15, -0.1) is 0 Å². The van der Waals surface area contributed by atoms with Crippen LogP contribution < -0.4 is 5.32 Å². The number of hydrogen-bond acceptors (Lipinski definition) is 5. The summed E-state index contributed by atoms with van der Waals surface area (Å²) in [6.07, 6.45) is 2.68. The number of nitrogens with zero attached hydrogens (tertiary/aromatic N) is 3. The molecule has 2 atom stereocenters. The van der Waals surface area contributed by atoms with Crippen molar-refractivity contribution in [2.75, 3.05) is 13.1 Å². The number of amides is 1. The third kappa shape index (κ3) is 5.75. The van der Waals surface area contributed by atoms with Crippen LogP contribution in [-0.4, -0.2) is 34.0 Å². The highest BCUT2D eigenvalue weighted by Gasteiger charge is 2.28. The molecule has 1 N–H and O–H groups in total. The van der Waals surface area contributed by atoms with Crippen LogP contribution in [0.5, 0.6) is 0 Å². The van der Waals surface area contributed by atoms with E-state index in [1.807, 2.05) is 12.1 Å². The van der Waals surface area contributed by atoms with E-state index in [-0.39, 0.29) is 17.9 Å². The Morgan fingerprint density at radius 3 is 2.85 bits per heavy atom. The molecule has 1 amide bonds. The van der Waals surface area contributed by atoms with Crippen LogP contribution in [-0.2, 0) is 11.3 Å². The van der Waals surface area contributed by atoms with Crippen molar-refractivity contribution in [3.8, 4) is 11.4 Å². The topological polar surface area (TPSA) is 71.3 Å². The Bertz CT molecular complexity index is 1120. The average Bonchev–Trinajstić information content (AvgIpc) is 3.26. The fraction of sp³-hybridized carbons (Fsp3) is 0.400. The summed E-state index contributed by atoms with van der Waals surface area (Å²) in [6, 6.07) is 13.4. The Labute approximate surface area is 204 Å². The molecule has 0 radical (unpaired) electrons. The molecule has 0 saturated carbocycles. The molecule has 2 heterocycles. The van der Waals surface area contributed by atoms with E-state index in [0.717, 1.165) is 25.8 Å². The maximum atomic E-state index is 13.1. The van der Waals surface area contributed by atoms with Crippen molar-refractivity contribution in [2.45, 2.75) is 45.7 Å². The maximum absolute atomic E-state index is 13.1. The van der Waals surface area contributed by atoms with Gasteiger partial charge in [0.05, 0.1) is 23.5 Å². The van der Waals surface area contributed by atoms with Gasteiger partial charge in [0.15, 0.2) is 0 Å². The van der Waals surface area contributed by atoms with E-state index in [1.165, 1.54) is 11.1 Å². The molecule has 0 bridgehead atoms. The quantitative estimate of drug-likeness (QED) is 0.454. The number of rotatable bonds is 7. The summed E-state index contributed by atoms with van der Waals surface area (Å²) in [5, 5.41) is 8.37. The minimum atomic E-state index is -0.0649. The number of benzene rings is 2. The third-order valence-corrected chi connectivity index (χ3v) is 6.71. The summed E-state index contributed by atoms with van der Waals surface area (Å²) in [5.74, 6) is 0.976. The number of carbonyl (C=O) groups is 1. The van der Waals surface area contributed by atoms with Crippen LogP contribution in [0.25, 0.3) is 11.4 Å². The molecule has 174 valence electrons. The Morgan fingerprint density at radius 1 is 1.27 bits per heavy atom. The molecule has 2 unspecified atom stereocenters. The number of aromatic nitrogens is 2. The predicted molar refractivity (Wildman–Crippen MR) is 130 cm³/mol. The maximum Gasteiger partial charge on any atom is 0.241 e. The minimum absolute atomic E-state index is 0.0247. The van der Waals surface area contributed by atoms with Gasteiger partial charge in [-0.05, 0) is 62.1 Å². The van der Waals surface area contributed by atoms with E-state index in [4.69, 9.17) is 27.7 Å². The highest BCUT2D eigenvalue weighted by molar-refractivity contribution is 6.36. The number of carbonyl (C=O) groups excluding carboxylic acids is 1. The first-order valence-corrected chi connectivity index (χ1v) is 12.1. The Balaban J connectivity index is 1.38. The van der Waals surface area contributed by atoms with Crippen molar-refractivity contribution < 1.29 is 9.32 Å². The molecule has 1 aromatic heterocycles. The zero-order chi connectivity index (χ0) is 23.4. The molecule has 6 nitrogen and oxygen atoms in total. The Hall–Kier alpha value is -2.41. The lowest BCUT2D eigenvalue weighted by Crippen LogP contribution is -2.43. The van der Waals surface area contributed by atoms with Crippen molar-refractivity contribution in [1.29, 1.82) is 0 Å². The highest BCUT2D eigenvalue weighted by Crippen LogP contribution is 2.29. The normalized spacial score (nSPS) is 17.6. The van der Waals surface area contributed by atoms with Gasteiger partial charge in [0.1, 0.15) is 0 Å². The van der Waals surface area contributed by atoms with Crippen molar-refractivity contribution >= 4 is 29.1 Å². The average molecular weight is 487 g/mol. The summed E-state index contributed by atoms with van der Waals surface area (Å²) < 4.78 is 5.46. The molecule has 1 fully saturated rings. The molecule has 8 heteroatoms. The van der Waals surface area contributed by atoms with E-state index in [2.05, 4.69) is 46.3 Å². The molecule has 0 spiro atoms. The van der Waals surface area contributed by atoms with Crippen LogP contribution >= 0.6 is 23.2 Å². The van der Waals surface area contributed by atoms with Crippen LogP contribution in [0, 0.1) is 12.8 Å². The van der Waals surface area contributed by atoms with Crippen molar-refractivity contribution in [2.24, 2.45) is 5.92 Å². The lowest BCUT2D eigenvalue weighted by molar-refractivity contribution is -0.127. The summed E-state index contributed by atoms with van der Waals surface area (Å²) in [7, 11) is 0. The Morgan fingerprint density at radius 2 is 2.09 bits per heavy atom. The number of aryl methyl sites for hydroxylation is 1. The van der Waals surface area contributed by atoms with Crippen molar-refractivity contribution in [3.05, 3.63) is 69.5 Å². The number of halogens is 2. The minimum Gasteiger partial charge on any atom is -0.349 e. The van der Waals surface area contributed by atoms with Gasteiger partial charge in [-0.25, -0.2) is 0 Å². The van der Waals surface area contributed by atoms with Gasteiger partial charge in [-0.2, -0.15) is 4.98 Å². The van der Waals surface area contributed by atoms with Gasteiger partial charge in [-0.1, -0.05) is 59.5 Å². The largest absolute Gasteiger partial charge is 0.349 e. The molecule has 0 aliphatic carbocycles. The molecular formula is C25H28Cl2N4O2. The smallest absolute Gasteiger partial charge is 0.241 e. The first-order valence-electron chi connectivity index (χ1n) is 11.3.